The number of para-hydroxylation sites is 1. The molecule has 0 spiro atoms. The zero-order valence-corrected chi connectivity index (χ0v) is 22.0. The van der Waals surface area contributed by atoms with Gasteiger partial charge in [0.1, 0.15) is 17.3 Å². The number of phenolic OH excluding ortho intramolecular Hbond substituents is 1. The lowest BCUT2D eigenvalue weighted by molar-refractivity contribution is -0.121. The van der Waals surface area contributed by atoms with Gasteiger partial charge in [0.05, 0.1) is 26.4 Å². The molecule has 0 saturated heterocycles. The number of amides is 1. The van der Waals surface area contributed by atoms with E-state index < -0.39 is 17.1 Å². The van der Waals surface area contributed by atoms with E-state index in [1.54, 1.807) is 32.4 Å². The average molecular weight is 534 g/mol. The number of aromatic hydroxyl groups is 2. The van der Waals surface area contributed by atoms with Crippen molar-refractivity contribution in [2.75, 3.05) is 20.8 Å². The van der Waals surface area contributed by atoms with E-state index in [9.17, 15) is 19.8 Å². The minimum atomic E-state index is -0.817. The molecule has 204 valence electrons. The van der Waals surface area contributed by atoms with Crippen LogP contribution in [0.1, 0.15) is 53.1 Å². The van der Waals surface area contributed by atoms with E-state index in [1.807, 2.05) is 36.4 Å². The maximum Gasteiger partial charge on any atom is 0.227 e. The summed E-state index contributed by atoms with van der Waals surface area (Å²) in [5, 5.41) is 23.5. The van der Waals surface area contributed by atoms with Crippen LogP contribution in [0.25, 0.3) is 0 Å². The highest BCUT2D eigenvalue weighted by molar-refractivity contribution is 5.77. The summed E-state index contributed by atoms with van der Waals surface area (Å²) in [4.78, 5) is 25.5. The number of nitrogens with one attached hydrogen (secondary N) is 1. The number of hydrogen-bond donors (Lipinski definition) is 3. The molecule has 39 heavy (non-hydrogen) atoms. The van der Waals surface area contributed by atoms with Crippen LogP contribution >= 0.6 is 0 Å². The summed E-state index contributed by atoms with van der Waals surface area (Å²) >= 11 is 0. The van der Waals surface area contributed by atoms with Gasteiger partial charge in [0, 0.05) is 30.5 Å². The Kier molecular flexibility index (Phi) is 8.60. The average Bonchev–Trinajstić information content (AvgIpc) is 3.47. The molecular formula is C30H31NO8. The predicted octanol–water partition coefficient (Wildman–Crippen LogP) is 4.83. The summed E-state index contributed by atoms with van der Waals surface area (Å²) < 4.78 is 22.2. The van der Waals surface area contributed by atoms with Crippen molar-refractivity contribution in [2.24, 2.45) is 0 Å². The van der Waals surface area contributed by atoms with Gasteiger partial charge >= 0.3 is 0 Å². The lowest BCUT2D eigenvalue weighted by atomic mass is 9.91. The molecule has 2 aromatic carbocycles. The molecule has 9 nitrogen and oxygen atoms in total. The third-order valence-electron chi connectivity index (χ3n) is 6.54. The summed E-state index contributed by atoms with van der Waals surface area (Å²) in [5.41, 5.74) is 0.846. The van der Waals surface area contributed by atoms with E-state index in [0.717, 1.165) is 17.1 Å². The van der Waals surface area contributed by atoms with Crippen molar-refractivity contribution in [2.45, 2.75) is 31.6 Å². The first kappa shape index (κ1) is 27.4. The molecule has 4 rings (SSSR count). The standard InChI is InChI=1S/C30H31NO8/c1-18-15-24(33)29(35)30(39-18)22(19-10-11-23(32)27(16-19)37-3)17-28(34)31-13-12-21(26-9-6-14-38-26)20-7-4-5-8-25(20)36-2/h4-11,14-16,21-22,32,35H,12-13,17H2,1-3H3,(H,31,34)/t21-,22-/m1/s1. The van der Waals surface area contributed by atoms with Crippen LogP contribution in [0.2, 0.25) is 0 Å². The lowest BCUT2D eigenvalue weighted by Crippen LogP contribution is -2.28. The van der Waals surface area contributed by atoms with Gasteiger partial charge in [-0.15, -0.1) is 0 Å². The third-order valence-corrected chi connectivity index (χ3v) is 6.54. The Bertz CT molecular complexity index is 1470. The molecule has 3 N–H and O–H groups in total. The third kappa shape index (κ3) is 6.26. The second-order valence-electron chi connectivity index (χ2n) is 9.07. The summed E-state index contributed by atoms with van der Waals surface area (Å²) in [5.74, 6) is -0.0497. The van der Waals surface area contributed by atoms with Crippen molar-refractivity contribution >= 4 is 5.91 Å². The molecule has 0 aliphatic carbocycles. The number of carbonyl (C=O) groups is 1. The molecule has 0 unspecified atom stereocenters. The van der Waals surface area contributed by atoms with Crippen molar-refractivity contribution in [1.82, 2.24) is 5.32 Å². The molecule has 2 atom stereocenters. The minimum Gasteiger partial charge on any atom is -0.504 e. The topological polar surface area (TPSA) is 131 Å². The van der Waals surface area contributed by atoms with Crippen LogP contribution in [0.4, 0.5) is 0 Å². The van der Waals surface area contributed by atoms with E-state index in [4.69, 9.17) is 18.3 Å². The number of benzene rings is 2. The second kappa shape index (κ2) is 12.3. The molecule has 0 aliphatic heterocycles. The number of furan rings is 1. The highest BCUT2D eigenvalue weighted by atomic mass is 16.5. The first-order valence-corrected chi connectivity index (χ1v) is 12.5. The van der Waals surface area contributed by atoms with Crippen molar-refractivity contribution in [3.05, 3.63) is 106 Å². The van der Waals surface area contributed by atoms with Crippen LogP contribution in [-0.4, -0.2) is 36.9 Å². The zero-order valence-electron chi connectivity index (χ0n) is 22.0. The van der Waals surface area contributed by atoms with E-state index in [2.05, 4.69) is 5.32 Å². The van der Waals surface area contributed by atoms with Gasteiger partial charge in [-0.05, 0) is 49.2 Å². The summed E-state index contributed by atoms with van der Waals surface area (Å²) in [6.45, 7) is 1.91. The number of rotatable bonds is 11. The fourth-order valence-electron chi connectivity index (χ4n) is 4.64. The van der Waals surface area contributed by atoms with Crippen molar-refractivity contribution < 1.29 is 33.3 Å². The summed E-state index contributed by atoms with van der Waals surface area (Å²) in [7, 11) is 3.01. The number of ether oxygens (including phenoxy) is 2. The Labute approximate surface area is 225 Å². The van der Waals surface area contributed by atoms with Crippen LogP contribution in [-0.2, 0) is 4.79 Å². The van der Waals surface area contributed by atoms with Crippen molar-refractivity contribution in [3.63, 3.8) is 0 Å². The normalized spacial score (nSPS) is 12.5. The van der Waals surface area contributed by atoms with E-state index in [1.165, 1.54) is 19.2 Å². The molecule has 0 radical (unpaired) electrons. The number of aryl methyl sites for hydroxylation is 1. The first-order chi connectivity index (χ1) is 18.8. The van der Waals surface area contributed by atoms with E-state index in [-0.39, 0.29) is 35.5 Å². The molecule has 0 bridgehead atoms. The first-order valence-electron chi connectivity index (χ1n) is 12.5. The molecule has 9 heteroatoms. The van der Waals surface area contributed by atoms with Gasteiger partial charge in [-0.25, -0.2) is 0 Å². The summed E-state index contributed by atoms with van der Waals surface area (Å²) in [6.07, 6.45) is 2.00. The van der Waals surface area contributed by atoms with Crippen LogP contribution in [0.15, 0.2) is 80.6 Å². The Balaban J connectivity index is 1.56. The van der Waals surface area contributed by atoms with Crippen LogP contribution in [0, 0.1) is 6.92 Å². The van der Waals surface area contributed by atoms with E-state index >= 15 is 0 Å². The molecular weight excluding hydrogens is 502 g/mol. The van der Waals surface area contributed by atoms with Crippen LogP contribution < -0.4 is 20.2 Å². The molecule has 2 aromatic heterocycles. The SMILES string of the molecule is COc1cc([C@@H](CC(=O)NCC[C@@H](c2ccco2)c2ccccc2OC)c2oc(C)cc(=O)c2O)ccc1O. The summed E-state index contributed by atoms with van der Waals surface area (Å²) in [6, 6.07) is 17.1. The van der Waals surface area contributed by atoms with Crippen molar-refractivity contribution in [1.29, 1.82) is 0 Å². The second-order valence-corrected chi connectivity index (χ2v) is 9.07. The molecule has 1 amide bonds. The Morgan fingerprint density at radius 3 is 2.46 bits per heavy atom. The Morgan fingerprint density at radius 2 is 1.74 bits per heavy atom. The minimum absolute atomic E-state index is 0.0367. The Hall–Kier alpha value is -4.66. The largest absolute Gasteiger partial charge is 0.504 e. The fraction of sp³-hybridized carbons (Fsp3) is 0.267. The zero-order chi connectivity index (χ0) is 27.9. The van der Waals surface area contributed by atoms with Gasteiger partial charge in [-0.3, -0.25) is 9.59 Å². The van der Waals surface area contributed by atoms with E-state index in [0.29, 0.717) is 24.3 Å². The number of hydrogen-bond acceptors (Lipinski definition) is 8. The molecule has 2 heterocycles. The molecule has 0 aliphatic rings. The van der Waals surface area contributed by atoms with Gasteiger partial charge in [-0.1, -0.05) is 24.3 Å². The maximum absolute atomic E-state index is 13.2. The smallest absolute Gasteiger partial charge is 0.227 e. The van der Waals surface area contributed by atoms with Gasteiger partial charge in [0.25, 0.3) is 0 Å². The highest BCUT2D eigenvalue weighted by Crippen LogP contribution is 2.37. The number of carbonyl (C=O) groups excluding carboxylic acids is 1. The molecule has 4 aromatic rings. The fourth-order valence-corrected chi connectivity index (χ4v) is 4.64. The highest BCUT2D eigenvalue weighted by Gasteiger charge is 2.27. The predicted molar refractivity (Wildman–Crippen MR) is 144 cm³/mol. The number of methoxy groups -OCH3 is 2. The van der Waals surface area contributed by atoms with Gasteiger partial charge in [-0.2, -0.15) is 0 Å². The van der Waals surface area contributed by atoms with Crippen molar-refractivity contribution in [3.8, 4) is 23.0 Å². The van der Waals surface area contributed by atoms with Gasteiger partial charge < -0.3 is 33.8 Å². The Morgan fingerprint density at radius 1 is 0.974 bits per heavy atom. The maximum atomic E-state index is 13.2. The quantitative estimate of drug-likeness (QED) is 0.250. The van der Waals surface area contributed by atoms with Gasteiger partial charge in [0.15, 0.2) is 17.3 Å². The monoisotopic (exact) mass is 533 g/mol. The number of phenols is 1. The van der Waals surface area contributed by atoms with Gasteiger partial charge in [0.2, 0.25) is 17.1 Å². The lowest BCUT2D eigenvalue weighted by Gasteiger charge is -2.20. The molecule has 0 saturated carbocycles. The molecule has 0 fully saturated rings. The van der Waals surface area contributed by atoms with Crippen LogP contribution in [0.5, 0.6) is 23.0 Å². The van der Waals surface area contributed by atoms with Crippen LogP contribution in [0.3, 0.4) is 0 Å².